The van der Waals surface area contributed by atoms with E-state index in [-0.39, 0.29) is 18.6 Å². The molecule has 0 radical (unpaired) electrons. The van der Waals surface area contributed by atoms with E-state index in [4.69, 9.17) is 4.74 Å². The molecule has 0 spiro atoms. The lowest BCUT2D eigenvalue weighted by Crippen LogP contribution is -2.45. The molecule has 134 valence electrons. The predicted octanol–water partition coefficient (Wildman–Crippen LogP) is 3.05. The third-order valence-corrected chi connectivity index (χ3v) is 4.88. The van der Waals surface area contributed by atoms with Crippen molar-refractivity contribution in [3.63, 3.8) is 0 Å². The summed E-state index contributed by atoms with van der Waals surface area (Å²) in [7, 11) is 0. The number of para-hydroxylation sites is 1. The van der Waals surface area contributed by atoms with Crippen LogP contribution in [0.25, 0.3) is 10.9 Å². The highest BCUT2D eigenvalue weighted by atomic mass is 16.5. The lowest BCUT2D eigenvalue weighted by Gasteiger charge is -2.39. The highest BCUT2D eigenvalue weighted by Crippen LogP contribution is 2.32. The third-order valence-electron chi connectivity index (χ3n) is 4.88. The normalized spacial score (nSPS) is 16.7. The average Bonchev–Trinajstić information content (AvgIpc) is 3.13. The van der Waals surface area contributed by atoms with Gasteiger partial charge < -0.3 is 14.2 Å². The van der Waals surface area contributed by atoms with Crippen molar-refractivity contribution in [3.05, 3.63) is 54.6 Å². The van der Waals surface area contributed by atoms with Crippen LogP contribution < -0.4 is 4.74 Å². The maximum atomic E-state index is 12.9. The van der Waals surface area contributed by atoms with Gasteiger partial charge in [-0.15, -0.1) is 0 Å². The number of carbonyl (C=O) groups is 1. The average molecular weight is 350 g/mol. The van der Waals surface area contributed by atoms with Crippen molar-refractivity contribution in [2.45, 2.75) is 26.4 Å². The van der Waals surface area contributed by atoms with Crippen LogP contribution in [0.2, 0.25) is 0 Å². The number of hydrogen-bond donors (Lipinski definition) is 0. The first kappa shape index (κ1) is 16.6. The highest BCUT2D eigenvalue weighted by Gasteiger charge is 2.33. The molecule has 0 saturated heterocycles. The smallest absolute Gasteiger partial charge is 0.261 e. The van der Waals surface area contributed by atoms with E-state index in [0.717, 1.165) is 17.4 Å². The van der Waals surface area contributed by atoms with E-state index in [2.05, 4.69) is 40.6 Å². The first-order valence-corrected chi connectivity index (χ1v) is 8.92. The molecule has 3 aromatic rings. The largest absolute Gasteiger partial charge is 0.467 e. The van der Waals surface area contributed by atoms with Crippen molar-refractivity contribution < 1.29 is 9.53 Å². The Morgan fingerprint density at radius 1 is 1.19 bits per heavy atom. The van der Waals surface area contributed by atoms with Gasteiger partial charge in [0.05, 0.1) is 16.9 Å². The number of rotatable bonds is 4. The molecule has 6 heteroatoms. The van der Waals surface area contributed by atoms with E-state index in [0.29, 0.717) is 18.3 Å². The Balaban J connectivity index is 1.53. The van der Waals surface area contributed by atoms with Crippen LogP contribution in [0.3, 0.4) is 0 Å². The van der Waals surface area contributed by atoms with Gasteiger partial charge in [-0.05, 0) is 30.2 Å². The third kappa shape index (κ3) is 2.92. The van der Waals surface area contributed by atoms with Gasteiger partial charge in [-0.1, -0.05) is 26.0 Å². The number of ether oxygens (including phenoxy) is 1. The van der Waals surface area contributed by atoms with Gasteiger partial charge in [0.15, 0.2) is 6.61 Å². The summed E-state index contributed by atoms with van der Waals surface area (Å²) in [6.07, 6.45) is 3.54. The van der Waals surface area contributed by atoms with Crippen LogP contribution in [0, 0.1) is 5.92 Å². The van der Waals surface area contributed by atoms with Gasteiger partial charge in [0.25, 0.3) is 5.91 Å². The fourth-order valence-electron chi connectivity index (χ4n) is 3.70. The molecule has 26 heavy (non-hydrogen) atoms. The van der Waals surface area contributed by atoms with E-state index in [1.165, 1.54) is 12.0 Å². The molecular weight excluding hydrogens is 328 g/mol. The van der Waals surface area contributed by atoms with E-state index in [1.807, 2.05) is 35.2 Å². The van der Waals surface area contributed by atoms with Crippen LogP contribution in [0.4, 0.5) is 0 Å². The minimum atomic E-state index is -0.0229. The Morgan fingerprint density at radius 3 is 2.88 bits per heavy atom. The predicted molar refractivity (Wildman–Crippen MR) is 98.8 cm³/mol. The summed E-state index contributed by atoms with van der Waals surface area (Å²) in [5.74, 6) is 0.761. The monoisotopic (exact) mass is 350 g/mol. The van der Waals surface area contributed by atoms with Crippen LogP contribution in [0.1, 0.15) is 25.6 Å². The Kier molecular flexibility index (Phi) is 4.32. The highest BCUT2D eigenvalue weighted by molar-refractivity contribution is 5.84. The molecule has 4 rings (SSSR count). The first-order chi connectivity index (χ1) is 12.6. The summed E-state index contributed by atoms with van der Waals surface area (Å²) in [5.41, 5.74) is 1.99. The van der Waals surface area contributed by atoms with Gasteiger partial charge in [-0.3, -0.25) is 4.79 Å². The second-order valence-corrected chi connectivity index (χ2v) is 6.89. The number of fused-ring (bicyclic) bond motifs is 2. The minimum absolute atomic E-state index is 0.0150. The maximum Gasteiger partial charge on any atom is 0.261 e. The van der Waals surface area contributed by atoms with Gasteiger partial charge in [0.1, 0.15) is 6.33 Å². The quantitative estimate of drug-likeness (QED) is 0.726. The van der Waals surface area contributed by atoms with Crippen molar-refractivity contribution in [1.29, 1.82) is 0 Å². The van der Waals surface area contributed by atoms with Crippen LogP contribution in [-0.2, 0) is 11.3 Å². The van der Waals surface area contributed by atoms with Crippen molar-refractivity contribution >= 4 is 16.8 Å². The van der Waals surface area contributed by atoms with Crippen molar-refractivity contribution in [2.24, 2.45) is 5.92 Å². The number of carbonyl (C=O) groups excluding carboxylic acids is 1. The van der Waals surface area contributed by atoms with E-state index in [9.17, 15) is 4.79 Å². The topological polar surface area (TPSA) is 60.2 Å². The standard InChI is InChI=1S/C20H22N4O2/c1-14(2)19-17-8-5-9-23(17)10-11-24(19)18(25)12-26-20-15-6-3-4-7-16(15)21-13-22-20/h3-9,13-14,19H,10-12H2,1-2H3/t19-/m0/s1. The first-order valence-electron chi connectivity index (χ1n) is 8.92. The lowest BCUT2D eigenvalue weighted by molar-refractivity contribution is -0.138. The molecule has 1 aliphatic rings. The summed E-state index contributed by atoms with van der Waals surface area (Å²) in [6.45, 7) is 5.77. The molecule has 0 fully saturated rings. The molecular formula is C20H22N4O2. The number of benzene rings is 1. The molecule has 1 atom stereocenters. The van der Waals surface area contributed by atoms with Crippen molar-refractivity contribution in [2.75, 3.05) is 13.2 Å². The van der Waals surface area contributed by atoms with E-state index < -0.39 is 0 Å². The van der Waals surface area contributed by atoms with Crippen LogP contribution in [0.15, 0.2) is 48.9 Å². The van der Waals surface area contributed by atoms with E-state index in [1.54, 1.807) is 0 Å². The molecule has 1 amide bonds. The number of aromatic nitrogens is 3. The molecule has 0 unspecified atom stereocenters. The number of amides is 1. The maximum absolute atomic E-state index is 12.9. The minimum Gasteiger partial charge on any atom is -0.467 e. The van der Waals surface area contributed by atoms with E-state index >= 15 is 0 Å². The Morgan fingerprint density at radius 2 is 2.04 bits per heavy atom. The van der Waals surface area contributed by atoms with Crippen LogP contribution >= 0.6 is 0 Å². The zero-order valence-corrected chi connectivity index (χ0v) is 15.0. The fourth-order valence-corrected chi connectivity index (χ4v) is 3.70. The number of nitrogens with zero attached hydrogens (tertiary/aromatic N) is 4. The summed E-state index contributed by atoms with van der Waals surface area (Å²) in [6, 6.07) is 11.8. The van der Waals surface area contributed by atoms with Gasteiger partial charge in [0.2, 0.25) is 5.88 Å². The molecule has 1 aromatic carbocycles. The Hall–Kier alpha value is -2.89. The molecule has 0 bridgehead atoms. The molecule has 0 saturated carbocycles. The summed E-state index contributed by atoms with van der Waals surface area (Å²) < 4.78 is 8.01. The second kappa shape index (κ2) is 6.78. The fraction of sp³-hybridized carbons (Fsp3) is 0.350. The summed E-state index contributed by atoms with van der Waals surface area (Å²) >= 11 is 0. The zero-order valence-electron chi connectivity index (χ0n) is 15.0. The van der Waals surface area contributed by atoms with Gasteiger partial charge >= 0.3 is 0 Å². The molecule has 2 aromatic heterocycles. The molecule has 0 aliphatic carbocycles. The molecule has 6 nitrogen and oxygen atoms in total. The number of hydrogen-bond acceptors (Lipinski definition) is 4. The van der Waals surface area contributed by atoms with Gasteiger partial charge in [0, 0.05) is 25.0 Å². The Bertz CT molecular complexity index is 929. The molecule has 0 N–H and O–H groups in total. The van der Waals surface area contributed by atoms with Crippen molar-refractivity contribution in [1.82, 2.24) is 19.4 Å². The lowest BCUT2D eigenvalue weighted by atomic mass is 9.97. The summed E-state index contributed by atoms with van der Waals surface area (Å²) in [5, 5.41) is 0.815. The zero-order chi connectivity index (χ0) is 18.1. The summed E-state index contributed by atoms with van der Waals surface area (Å²) in [4.78, 5) is 23.3. The molecule has 1 aliphatic heterocycles. The SMILES string of the molecule is CC(C)[C@H]1c2cccn2CCN1C(=O)COc1ncnc2ccccc12. The Labute approximate surface area is 152 Å². The molecule has 3 heterocycles. The second-order valence-electron chi connectivity index (χ2n) is 6.89. The van der Waals surface area contributed by atoms with Crippen LogP contribution in [0.5, 0.6) is 5.88 Å². The van der Waals surface area contributed by atoms with Crippen molar-refractivity contribution in [3.8, 4) is 5.88 Å². The van der Waals surface area contributed by atoms with Crippen LogP contribution in [-0.4, -0.2) is 38.5 Å². The van der Waals surface area contributed by atoms with Gasteiger partial charge in [-0.25, -0.2) is 9.97 Å². The van der Waals surface area contributed by atoms with Gasteiger partial charge in [-0.2, -0.15) is 0 Å².